The fourth-order valence-electron chi connectivity index (χ4n) is 3.29. The Bertz CT molecular complexity index is 226. The van der Waals surface area contributed by atoms with Crippen LogP contribution in [0.5, 0.6) is 0 Å². The molecule has 3 atom stereocenters. The third-order valence-corrected chi connectivity index (χ3v) is 4.73. The smallest absolute Gasteiger partial charge is 0.0695 e. The summed E-state index contributed by atoms with van der Waals surface area (Å²) in [7, 11) is 0. The molecule has 1 saturated heterocycles. The molecule has 17 heavy (non-hydrogen) atoms. The topological polar surface area (TPSA) is 26.7 Å². The van der Waals surface area contributed by atoms with Crippen LogP contribution in [0.1, 0.15) is 46.0 Å². The van der Waals surface area contributed by atoms with Gasteiger partial charge in [0.25, 0.3) is 0 Å². The van der Waals surface area contributed by atoms with Crippen LogP contribution in [0.15, 0.2) is 0 Å². The minimum absolute atomic E-state index is 0.0705. The molecule has 3 unspecified atom stereocenters. The second kappa shape index (κ2) is 6.17. The molecule has 0 aromatic heterocycles. The van der Waals surface area contributed by atoms with Crippen LogP contribution in [-0.2, 0) is 0 Å². The van der Waals surface area contributed by atoms with Crippen LogP contribution >= 0.6 is 0 Å². The SMILES string of the molecule is CCC(C)N1CCN(C2CCCCC2O)CC1. The molecule has 0 amide bonds. The van der Waals surface area contributed by atoms with Gasteiger partial charge in [-0.1, -0.05) is 19.8 Å². The summed E-state index contributed by atoms with van der Waals surface area (Å²) in [6.45, 7) is 9.24. The van der Waals surface area contributed by atoms with Gasteiger partial charge in [-0.25, -0.2) is 0 Å². The molecule has 0 aromatic rings. The van der Waals surface area contributed by atoms with Gasteiger partial charge in [-0.05, 0) is 26.2 Å². The summed E-state index contributed by atoms with van der Waals surface area (Å²) in [5, 5.41) is 10.1. The highest BCUT2D eigenvalue weighted by Gasteiger charge is 2.31. The quantitative estimate of drug-likeness (QED) is 0.813. The molecule has 1 saturated carbocycles. The minimum atomic E-state index is -0.0705. The molecule has 2 aliphatic rings. The second-order valence-electron chi connectivity index (χ2n) is 5.75. The van der Waals surface area contributed by atoms with Crippen molar-refractivity contribution in [3.8, 4) is 0 Å². The molecule has 0 bridgehead atoms. The summed E-state index contributed by atoms with van der Waals surface area (Å²) in [6.07, 6.45) is 5.89. The first-order chi connectivity index (χ1) is 8.22. The first kappa shape index (κ1) is 13.3. The number of piperazine rings is 1. The average Bonchev–Trinajstić information content (AvgIpc) is 2.39. The monoisotopic (exact) mass is 240 g/mol. The molecule has 3 heteroatoms. The van der Waals surface area contributed by atoms with E-state index in [1.807, 2.05) is 0 Å². The van der Waals surface area contributed by atoms with Crippen LogP contribution in [0.2, 0.25) is 0 Å². The van der Waals surface area contributed by atoms with E-state index in [0.717, 1.165) is 19.5 Å². The van der Waals surface area contributed by atoms with E-state index in [1.165, 1.54) is 38.8 Å². The van der Waals surface area contributed by atoms with E-state index < -0.39 is 0 Å². The molecule has 1 heterocycles. The van der Waals surface area contributed by atoms with Crippen molar-refractivity contribution in [1.82, 2.24) is 9.80 Å². The Labute approximate surface area is 106 Å². The molecule has 0 radical (unpaired) electrons. The van der Waals surface area contributed by atoms with Crippen molar-refractivity contribution in [3.63, 3.8) is 0 Å². The summed E-state index contributed by atoms with van der Waals surface area (Å²) in [4.78, 5) is 5.12. The van der Waals surface area contributed by atoms with E-state index in [0.29, 0.717) is 12.1 Å². The Morgan fingerprint density at radius 2 is 1.76 bits per heavy atom. The summed E-state index contributed by atoms with van der Waals surface area (Å²) in [5.41, 5.74) is 0. The molecule has 100 valence electrons. The normalized spacial score (nSPS) is 34.8. The zero-order chi connectivity index (χ0) is 12.3. The van der Waals surface area contributed by atoms with Gasteiger partial charge in [-0.2, -0.15) is 0 Å². The van der Waals surface area contributed by atoms with E-state index in [4.69, 9.17) is 0 Å². The molecule has 1 N–H and O–H groups in total. The first-order valence-electron chi connectivity index (χ1n) is 7.38. The van der Waals surface area contributed by atoms with E-state index in [-0.39, 0.29) is 6.10 Å². The van der Waals surface area contributed by atoms with Gasteiger partial charge in [0.15, 0.2) is 0 Å². The van der Waals surface area contributed by atoms with Gasteiger partial charge in [0.2, 0.25) is 0 Å². The number of rotatable bonds is 3. The van der Waals surface area contributed by atoms with Gasteiger partial charge in [-0.3, -0.25) is 9.80 Å². The number of aliphatic hydroxyl groups is 1. The lowest BCUT2D eigenvalue weighted by molar-refractivity contribution is -0.00955. The van der Waals surface area contributed by atoms with E-state index in [2.05, 4.69) is 23.6 Å². The lowest BCUT2D eigenvalue weighted by atomic mass is 9.91. The molecule has 1 aliphatic carbocycles. The summed E-state index contributed by atoms with van der Waals surface area (Å²) < 4.78 is 0. The van der Waals surface area contributed by atoms with Crippen molar-refractivity contribution in [1.29, 1.82) is 0 Å². The zero-order valence-corrected chi connectivity index (χ0v) is 11.4. The maximum Gasteiger partial charge on any atom is 0.0695 e. The number of hydrogen-bond acceptors (Lipinski definition) is 3. The van der Waals surface area contributed by atoms with Crippen molar-refractivity contribution in [3.05, 3.63) is 0 Å². The Hall–Kier alpha value is -0.120. The van der Waals surface area contributed by atoms with Crippen molar-refractivity contribution >= 4 is 0 Å². The molecule has 2 fully saturated rings. The Morgan fingerprint density at radius 1 is 1.12 bits per heavy atom. The Morgan fingerprint density at radius 3 is 2.35 bits per heavy atom. The second-order valence-corrected chi connectivity index (χ2v) is 5.75. The van der Waals surface area contributed by atoms with Gasteiger partial charge >= 0.3 is 0 Å². The Balaban J connectivity index is 1.81. The lowest BCUT2D eigenvalue weighted by Gasteiger charge is -2.44. The fourth-order valence-corrected chi connectivity index (χ4v) is 3.29. The van der Waals surface area contributed by atoms with Crippen molar-refractivity contribution < 1.29 is 5.11 Å². The van der Waals surface area contributed by atoms with Gasteiger partial charge in [-0.15, -0.1) is 0 Å². The highest BCUT2D eigenvalue weighted by atomic mass is 16.3. The highest BCUT2D eigenvalue weighted by Crippen LogP contribution is 2.24. The standard InChI is InChI=1S/C14H28N2O/c1-3-12(2)15-8-10-16(11-9-15)13-6-4-5-7-14(13)17/h12-14,17H,3-11H2,1-2H3. The predicted molar refractivity (Wildman–Crippen MR) is 71.2 cm³/mol. The largest absolute Gasteiger partial charge is 0.391 e. The van der Waals surface area contributed by atoms with E-state index >= 15 is 0 Å². The number of aliphatic hydroxyl groups excluding tert-OH is 1. The molecular weight excluding hydrogens is 212 g/mol. The maximum absolute atomic E-state index is 10.1. The van der Waals surface area contributed by atoms with Gasteiger partial charge in [0.1, 0.15) is 0 Å². The van der Waals surface area contributed by atoms with Crippen LogP contribution in [-0.4, -0.2) is 59.3 Å². The van der Waals surface area contributed by atoms with Crippen LogP contribution in [0.3, 0.4) is 0 Å². The number of nitrogens with zero attached hydrogens (tertiary/aromatic N) is 2. The van der Waals surface area contributed by atoms with Gasteiger partial charge < -0.3 is 5.11 Å². The zero-order valence-electron chi connectivity index (χ0n) is 11.4. The molecule has 1 aliphatic heterocycles. The number of hydrogen-bond donors (Lipinski definition) is 1. The molecule has 0 aromatic carbocycles. The van der Waals surface area contributed by atoms with Crippen LogP contribution in [0, 0.1) is 0 Å². The van der Waals surface area contributed by atoms with Crippen molar-refractivity contribution in [2.24, 2.45) is 0 Å². The van der Waals surface area contributed by atoms with Gasteiger partial charge in [0, 0.05) is 38.3 Å². The molecular formula is C14H28N2O. The summed E-state index contributed by atoms with van der Waals surface area (Å²) in [5.74, 6) is 0. The molecule has 2 rings (SSSR count). The average molecular weight is 240 g/mol. The van der Waals surface area contributed by atoms with Crippen LogP contribution in [0.25, 0.3) is 0 Å². The van der Waals surface area contributed by atoms with E-state index in [9.17, 15) is 5.11 Å². The predicted octanol–water partition coefficient (Wildman–Crippen LogP) is 1.71. The highest BCUT2D eigenvalue weighted by molar-refractivity contribution is 4.86. The lowest BCUT2D eigenvalue weighted by Crippen LogP contribution is -2.55. The van der Waals surface area contributed by atoms with Crippen molar-refractivity contribution in [2.45, 2.75) is 64.1 Å². The fraction of sp³-hybridized carbons (Fsp3) is 1.00. The third kappa shape index (κ3) is 3.21. The minimum Gasteiger partial charge on any atom is -0.391 e. The van der Waals surface area contributed by atoms with E-state index in [1.54, 1.807) is 0 Å². The summed E-state index contributed by atoms with van der Waals surface area (Å²) in [6, 6.07) is 1.16. The third-order valence-electron chi connectivity index (χ3n) is 4.73. The molecule has 0 spiro atoms. The first-order valence-corrected chi connectivity index (χ1v) is 7.38. The summed E-state index contributed by atoms with van der Waals surface area (Å²) >= 11 is 0. The van der Waals surface area contributed by atoms with Crippen LogP contribution < -0.4 is 0 Å². The van der Waals surface area contributed by atoms with Gasteiger partial charge in [0.05, 0.1) is 6.10 Å². The van der Waals surface area contributed by atoms with Crippen LogP contribution in [0.4, 0.5) is 0 Å². The molecule has 3 nitrogen and oxygen atoms in total. The Kier molecular flexibility index (Phi) is 4.83. The van der Waals surface area contributed by atoms with Crippen molar-refractivity contribution in [2.75, 3.05) is 26.2 Å². The maximum atomic E-state index is 10.1.